The molecule has 0 spiro atoms. The molecule has 1 N–H and O–H groups in total. The summed E-state index contributed by atoms with van der Waals surface area (Å²) in [6.07, 6.45) is 0.801. The average Bonchev–Trinajstić information content (AvgIpc) is 2.14. The second-order valence-corrected chi connectivity index (χ2v) is 5.19. The highest BCUT2D eigenvalue weighted by atomic mass is 16.6. The summed E-state index contributed by atoms with van der Waals surface area (Å²) in [5, 5.41) is 3.13. The second kappa shape index (κ2) is 6.74. The molecule has 1 amide bonds. The topological polar surface area (TPSA) is 41.6 Å². The molecule has 0 aromatic heterocycles. The molecular formula is C12H26N2O2. The smallest absolute Gasteiger partial charge is 0.410 e. The highest BCUT2D eigenvalue weighted by Gasteiger charge is 2.21. The van der Waals surface area contributed by atoms with E-state index in [9.17, 15) is 4.79 Å². The molecule has 0 aliphatic heterocycles. The van der Waals surface area contributed by atoms with Crippen LogP contribution in [0.15, 0.2) is 0 Å². The molecule has 0 aromatic carbocycles. The lowest BCUT2D eigenvalue weighted by Crippen LogP contribution is -2.38. The van der Waals surface area contributed by atoms with Crippen LogP contribution < -0.4 is 5.32 Å². The SMILES string of the molecule is CCC(CNC)CN(C)C(=O)OC(C)(C)C. The summed E-state index contributed by atoms with van der Waals surface area (Å²) in [6, 6.07) is 0. The standard InChI is InChI=1S/C12H26N2O2/c1-7-10(8-13-5)9-14(6)11(15)16-12(2,3)4/h10,13H,7-9H2,1-6H3. The molecule has 0 saturated carbocycles. The summed E-state index contributed by atoms with van der Waals surface area (Å²) in [5.74, 6) is 0.475. The van der Waals surface area contributed by atoms with Gasteiger partial charge in [0.2, 0.25) is 0 Å². The number of hydrogen-bond donors (Lipinski definition) is 1. The molecule has 1 atom stereocenters. The minimum absolute atomic E-state index is 0.248. The van der Waals surface area contributed by atoms with Crippen molar-refractivity contribution in [1.29, 1.82) is 0 Å². The number of amides is 1. The van der Waals surface area contributed by atoms with Gasteiger partial charge in [-0.1, -0.05) is 13.3 Å². The summed E-state index contributed by atoms with van der Waals surface area (Å²) < 4.78 is 5.29. The molecular weight excluding hydrogens is 204 g/mol. The van der Waals surface area contributed by atoms with Crippen molar-refractivity contribution in [2.45, 2.75) is 39.7 Å². The van der Waals surface area contributed by atoms with E-state index in [1.807, 2.05) is 27.8 Å². The van der Waals surface area contributed by atoms with Gasteiger partial charge in [0.1, 0.15) is 5.60 Å². The zero-order chi connectivity index (χ0) is 12.8. The van der Waals surface area contributed by atoms with E-state index in [1.165, 1.54) is 0 Å². The Hall–Kier alpha value is -0.770. The maximum atomic E-state index is 11.7. The van der Waals surface area contributed by atoms with Gasteiger partial charge in [0.05, 0.1) is 0 Å². The van der Waals surface area contributed by atoms with Crippen LogP contribution in [0.25, 0.3) is 0 Å². The van der Waals surface area contributed by atoms with Gasteiger partial charge in [-0.25, -0.2) is 4.79 Å². The maximum absolute atomic E-state index is 11.7. The number of carbonyl (C=O) groups is 1. The lowest BCUT2D eigenvalue weighted by molar-refractivity contribution is 0.0272. The van der Waals surface area contributed by atoms with Crippen LogP contribution in [-0.4, -0.2) is 43.8 Å². The highest BCUT2D eigenvalue weighted by Crippen LogP contribution is 2.11. The van der Waals surface area contributed by atoms with Crippen LogP contribution in [-0.2, 0) is 4.74 Å². The molecule has 0 saturated heterocycles. The number of rotatable bonds is 5. The summed E-state index contributed by atoms with van der Waals surface area (Å²) in [7, 11) is 3.71. The molecule has 0 aromatic rings. The van der Waals surface area contributed by atoms with Gasteiger partial charge < -0.3 is 15.0 Å². The fourth-order valence-electron chi connectivity index (χ4n) is 1.43. The maximum Gasteiger partial charge on any atom is 0.410 e. The Balaban J connectivity index is 4.13. The summed E-state index contributed by atoms with van der Waals surface area (Å²) >= 11 is 0. The quantitative estimate of drug-likeness (QED) is 0.786. The fourth-order valence-corrected chi connectivity index (χ4v) is 1.43. The Bertz CT molecular complexity index is 212. The molecule has 96 valence electrons. The van der Waals surface area contributed by atoms with Gasteiger partial charge in [-0.15, -0.1) is 0 Å². The van der Waals surface area contributed by atoms with Crippen LogP contribution in [0, 0.1) is 5.92 Å². The van der Waals surface area contributed by atoms with Gasteiger partial charge in [-0.3, -0.25) is 0 Å². The van der Waals surface area contributed by atoms with E-state index in [0.717, 1.165) is 19.5 Å². The zero-order valence-corrected chi connectivity index (χ0v) is 11.5. The van der Waals surface area contributed by atoms with Crippen LogP contribution in [0.2, 0.25) is 0 Å². The van der Waals surface area contributed by atoms with Gasteiger partial charge in [0.25, 0.3) is 0 Å². The van der Waals surface area contributed by atoms with Crippen molar-refractivity contribution in [3.8, 4) is 0 Å². The first-order chi connectivity index (χ1) is 7.30. The van der Waals surface area contributed by atoms with E-state index in [4.69, 9.17) is 4.74 Å². The largest absolute Gasteiger partial charge is 0.444 e. The predicted octanol–water partition coefficient (Wildman–Crippen LogP) is 2.10. The third kappa shape index (κ3) is 6.67. The number of nitrogens with zero attached hydrogens (tertiary/aromatic N) is 1. The Morgan fingerprint density at radius 3 is 2.38 bits per heavy atom. The molecule has 4 heteroatoms. The van der Waals surface area contributed by atoms with E-state index in [1.54, 1.807) is 11.9 Å². The van der Waals surface area contributed by atoms with Crippen LogP contribution in [0.5, 0.6) is 0 Å². The number of nitrogens with one attached hydrogen (secondary N) is 1. The molecule has 0 aliphatic rings. The van der Waals surface area contributed by atoms with Crippen molar-refractivity contribution >= 4 is 6.09 Å². The molecule has 0 rings (SSSR count). The zero-order valence-electron chi connectivity index (χ0n) is 11.5. The minimum atomic E-state index is -0.421. The third-order valence-corrected chi connectivity index (χ3v) is 2.31. The van der Waals surface area contributed by atoms with E-state index >= 15 is 0 Å². The van der Waals surface area contributed by atoms with Gasteiger partial charge >= 0.3 is 6.09 Å². The number of carbonyl (C=O) groups excluding carboxylic acids is 1. The van der Waals surface area contributed by atoms with E-state index < -0.39 is 5.60 Å². The molecule has 0 bridgehead atoms. The molecule has 1 unspecified atom stereocenters. The van der Waals surface area contributed by atoms with Gasteiger partial charge in [0, 0.05) is 13.6 Å². The Morgan fingerprint density at radius 1 is 1.44 bits per heavy atom. The average molecular weight is 230 g/mol. The molecule has 0 aliphatic carbocycles. The van der Waals surface area contributed by atoms with Crippen LogP contribution in [0.3, 0.4) is 0 Å². The fraction of sp³-hybridized carbons (Fsp3) is 0.917. The van der Waals surface area contributed by atoms with Crippen molar-refractivity contribution in [3.05, 3.63) is 0 Å². The van der Waals surface area contributed by atoms with Crippen molar-refractivity contribution < 1.29 is 9.53 Å². The predicted molar refractivity (Wildman–Crippen MR) is 66.6 cm³/mol. The van der Waals surface area contributed by atoms with E-state index in [0.29, 0.717) is 5.92 Å². The first-order valence-electron chi connectivity index (χ1n) is 5.88. The van der Waals surface area contributed by atoms with Crippen LogP contribution in [0.1, 0.15) is 34.1 Å². The van der Waals surface area contributed by atoms with Gasteiger partial charge in [-0.05, 0) is 40.3 Å². The van der Waals surface area contributed by atoms with Crippen LogP contribution in [0.4, 0.5) is 4.79 Å². The Morgan fingerprint density at radius 2 is 2.00 bits per heavy atom. The number of ether oxygens (including phenoxy) is 1. The minimum Gasteiger partial charge on any atom is -0.444 e. The highest BCUT2D eigenvalue weighted by molar-refractivity contribution is 5.67. The van der Waals surface area contributed by atoms with E-state index in [2.05, 4.69) is 12.2 Å². The van der Waals surface area contributed by atoms with Crippen molar-refractivity contribution in [2.75, 3.05) is 27.2 Å². The third-order valence-electron chi connectivity index (χ3n) is 2.31. The molecule has 0 radical (unpaired) electrons. The molecule has 4 nitrogen and oxygen atoms in total. The molecule has 0 heterocycles. The summed E-state index contributed by atoms with van der Waals surface area (Å²) in [4.78, 5) is 13.3. The van der Waals surface area contributed by atoms with Crippen molar-refractivity contribution in [1.82, 2.24) is 10.2 Å². The first kappa shape index (κ1) is 15.2. The van der Waals surface area contributed by atoms with E-state index in [-0.39, 0.29) is 6.09 Å². The molecule has 0 fully saturated rings. The summed E-state index contributed by atoms with van der Waals surface area (Å²) in [5.41, 5.74) is -0.421. The van der Waals surface area contributed by atoms with Gasteiger partial charge in [-0.2, -0.15) is 0 Å². The normalized spacial score (nSPS) is 13.4. The first-order valence-corrected chi connectivity index (χ1v) is 5.88. The molecule has 16 heavy (non-hydrogen) atoms. The van der Waals surface area contributed by atoms with Crippen molar-refractivity contribution in [2.24, 2.45) is 5.92 Å². The van der Waals surface area contributed by atoms with Crippen LogP contribution >= 0.6 is 0 Å². The van der Waals surface area contributed by atoms with Gasteiger partial charge in [0.15, 0.2) is 0 Å². The Labute approximate surface area is 99.3 Å². The lowest BCUT2D eigenvalue weighted by atomic mass is 10.1. The Kier molecular flexibility index (Phi) is 6.41. The monoisotopic (exact) mass is 230 g/mol. The second-order valence-electron chi connectivity index (χ2n) is 5.19. The van der Waals surface area contributed by atoms with Crippen molar-refractivity contribution in [3.63, 3.8) is 0 Å². The lowest BCUT2D eigenvalue weighted by Gasteiger charge is -2.27. The summed E-state index contributed by atoms with van der Waals surface area (Å²) in [6.45, 7) is 9.41. The number of hydrogen-bond acceptors (Lipinski definition) is 3.